The summed E-state index contributed by atoms with van der Waals surface area (Å²) in [5, 5.41) is 49.1. The molecule has 640 valence electrons. The second kappa shape index (κ2) is 44.5. The van der Waals surface area contributed by atoms with Crippen LogP contribution in [0.4, 0.5) is 0 Å². The van der Waals surface area contributed by atoms with E-state index in [1.165, 1.54) is 32.1 Å². The minimum Gasteiger partial charge on any atom is -0.480 e. The molecule has 12 atom stereocenters. The number of carbonyl (C=O) groups excluding carboxylic acids is 14. The minimum atomic E-state index is -1.78. The molecule has 4 saturated heterocycles. The maximum absolute atomic E-state index is 14.7. The first-order chi connectivity index (χ1) is 56.0. The van der Waals surface area contributed by atoms with Crippen LogP contribution in [0.1, 0.15) is 160 Å². The number of amides is 14. The van der Waals surface area contributed by atoms with Crippen LogP contribution in [0.25, 0.3) is 10.8 Å². The van der Waals surface area contributed by atoms with Gasteiger partial charge in [-0.05, 0) is 137 Å². The fraction of sp³-hybridized carbons (Fsp3) is 0.610. The van der Waals surface area contributed by atoms with Gasteiger partial charge in [-0.1, -0.05) is 70.0 Å². The summed E-state index contributed by atoms with van der Waals surface area (Å²) < 4.78 is 0. The van der Waals surface area contributed by atoms with E-state index in [2.05, 4.69) is 73.1 Å². The van der Waals surface area contributed by atoms with E-state index in [-0.39, 0.29) is 159 Å². The van der Waals surface area contributed by atoms with Gasteiger partial charge in [-0.15, -0.1) is 0 Å². The number of nitrogens with one attached hydrogen (secondary N) is 11. The Morgan fingerprint density at radius 3 is 1.74 bits per heavy atom. The maximum atomic E-state index is 14.7. The number of likely N-dealkylation sites (tertiary alicyclic amines) is 3. The Labute approximate surface area is 677 Å². The summed E-state index contributed by atoms with van der Waals surface area (Å²) in [6.45, 7) is 3.81. The summed E-state index contributed by atoms with van der Waals surface area (Å²) in [6, 6.07) is -3.84. The predicted octanol–water partition coefficient (Wildman–Crippen LogP) is -4.51. The molecule has 6 heterocycles. The molecule has 23 N–H and O–H groups in total. The number of aliphatic imine (C=N–C) groups is 2. The van der Waals surface area contributed by atoms with Crippen molar-refractivity contribution in [3.8, 4) is 0 Å². The summed E-state index contributed by atoms with van der Waals surface area (Å²) in [5.74, 6) is -12.0. The molecule has 1 aromatic heterocycles. The molecule has 3 aromatic rings. The molecule has 8 rings (SSSR count). The van der Waals surface area contributed by atoms with E-state index >= 15 is 0 Å². The van der Waals surface area contributed by atoms with E-state index in [9.17, 15) is 82.1 Å². The number of fused-ring (bicyclic) bond motifs is 3. The number of nitrogens with zero attached hydrogens (tertiary/aromatic N) is 7. The number of hydrogen-bond acceptors (Lipinski definition) is 20. The van der Waals surface area contributed by atoms with Gasteiger partial charge in [0.1, 0.15) is 79.0 Å². The van der Waals surface area contributed by atoms with Gasteiger partial charge in [-0.3, -0.25) is 81.9 Å². The van der Waals surface area contributed by atoms with Crippen LogP contribution in [0.15, 0.2) is 58.9 Å². The number of benzene rings is 2. The minimum absolute atomic E-state index is 0.00321. The molecule has 0 saturated carbocycles. The van der Waals surface area contributed by atoms with Crippen LogP contribution in [-0.2, 0) is 91.3 Å². The molecule has 5 aliphatic heterocycles. The highest BCUT2D eigenvalue weighted by molar-refractivity contribution is 6.01. The molecular weight excluding hydrogens is 1520 g/mol. The third-order valence-electron chi connectivity index (χ3n) is 21.4. The number of rotatable bonds is 43. The van der Waals surface area contributed by atoms with E-state index in [0.29, 0.717) is 50.6 Å². The zero-order valence-corrected chi connectivity index (χ0v) is 66.6. The van der Waals surface area contributed by atoms with E-state index in [1.807, 2.05) is 43.3 Å². The van der Waals surface area contributed by atoms with Crippen molar-refractivity contribution in [3.05, 3.63) is 65.7 Å². The number of imidazole rings is 1. The fourth-order valence-corrected chi connectivity index (χ4v) is 15.4. The molecule has 0 spiro atoms. The second-order valence-corrected chi connectivity index (χ2v) is 30.6. The first-order valence-corrected chi connectivity index (χ1v) is 40.3. The maximum Gasteiger partial charge on any atom is 0.323 e. The summed E-state index contributed by atoms with van der Waals surface area (Å²) >= 11 is 0. The number of unbranched alkanes of at least 4 members (excludes halogenated alkanes) is 2. The largest absolute Gasteiger partial charge is 0.480 e. The molecule has 40 heteroatoms. The molecule has 2 aromatic carbocycles. The number of aliphatic hydroxyl groups is 1. The van der Waals surface area contributed by atoms with Crippen molar-refractivity contribution in [2.45, 2.75) is 235 Å². The number of aliphatic carboxylic acids is 1. The highest BCUT2D eigenvalue weighted by atomic mass is 16.4. The lowest BCUT2D eigenvalue weighted by atomic mass is 9.94. The zero-order valence-electron chi connectivity index (χ0n) is 66.6. The van der Waals surface area contributed by atoms with Gasteiger partial charge < -0.3 is 117 Å². The average molecular weight is 1630 g/mol. The van der Waals surface area contributed by atoms with Crippen molar-refractivity contribution in [3.63, 3.8) is 0 Å². The number of aromatic nitrogens is 2. The number of hydrogen-bond donors (Lipinski definition) is 18. The zero-order chi connectivity index (χ0) is 85.0. The Balaban J connectivity index is 0.896. The van der Waals surface area contributed by atoms with Gasteiger partial charge in [0, 0.05) is 70.4 Å². The summed E-state index contributed by atoms with van der Waals surface area (Å²) in [4.78, 5) is 230. The number of guanidine groups is 2. The number of nitrogens with two attached hydrogens (primary N) is 5. The number of carboxylic acids is 1. The number of carboxylic acid groups (broad SMARTS) is 1. The van der Waals surface area contributed by atoms with Crippen LogP contribution in [0.2, 0.25) is 0 Å². The van der Waals surface area contributed by atoms with Crippen LogP contribution in [0.5, 0.6) is 0 Å². The number of aliphatic hydroxyl groups excluding tert-OH is 1. The van der Waals surface area contributed by atoms with Crippen molar-refractivity contribution in [2.75, 3.05) is 59.0 Å². The molecular formula is C77H115N23O17. The van der Waals surface area contributed by atoms with Crippen LogP contribution in [0.3, 0.4) is 0 Å². The first-order valence-electron chi connectivity index (χ1n) is 40.3. The molecule has 4 fully saturated rings. The standard InChI is InChI=1S/C77H115N23O17/c1-4-5-17-52(74(116)100-33-14-23-60(100)72(114)95-56-36-48-45(39-97(73(56)115)40-63(104)105)25-24-44-15-6-7-16-47(44)48)92-70(112)58-21-12-31-98(58)62(103)38-86-64(106)49(18-8-9-28-78)89-68(110)55(35-46-37-83-42-87-46)94-69(111)57(41-101)96-67(109)54(34-43(2)3)93-65(107)50(19-10-29-84-76(79)80)90-71(113)59-22-13-32-99(59)75(117)53(20-11-30-85-77(81)82)91-66(108)51-26-27-61(102)88-51/h6-7,15-16,24-25,37,42-43,49-60,101H,4-5,8-14,17-23,26-36,38-41,78H2,1-3H3,(H,83,87)(H,86,106)(H,88,102)(H,89,110)(H,90,113)(H,91,108)(H,92,112)(H,93,107)(H,94,111)(H,95,114)(H,96,109)(H,104,105)(H4,79,80,84)(H4,81,82,85)/t49-,50-,51-,52-,53-,54-,55-,56-,57-,58-,59-,60-/m0/s1. The van der Waals surface area contributed by atoms with Crippen molar-refractivity contribution in [2.24, 2.45) is 44.6 Å². The van der Waals surface area contributed by atoms with Crippen molar-refractivity contribution in [1.82, 2.24) is 82.7 Å². The van der Waals surface area contributed by atoms with Crippen LogP contribution < -0.4 is 81.8 Å². The second-order valence-electron chi connectivity index (χ2n) is 30.6. The molecule has 117 heavy (non-hydrogen) atoms. The number of carbonyl (C=O) groups is 15. The Morgan fingerprint density at radius 1 is 0.607 bits per heavy atom. The van der Waals surface area contributed by atoms with Crippen LogP contribution in [0, 0.1) is 5.92 Å². The summed E-state index contributed by atoms with van der Waals surface area (Å²) in [7, 11) is 0. The summed E-state index contributed by atoms with van der Waals surface area (Å²) in [6.07, 6.45) is 6.82. The smallest absolute Gasteiger partial charge is 0.323 e. The Morgan fingerprint density at radius 2 is 1.15 bits per heavy atom. The molecule has 5 aliphatic rings. The first kappa shape index (κ1) is 91.0. The molecule has 0 radical (unpaired) electrons. The lowest BCUT2D eigenvalue weighted by Crippen LogP contribution is -2.61. The molecule has 0 aliphatic carbocycles. The third kappa shape index (κ3) is 26.2. The Bertz CT molecular complexity index is 4100. The normalized spacial score (nSPS) is 19.6. The van der Waals surface area contributed by atoms with Crippen molar-refractivity contribution < 1.29 is 82.1 Å². The van der Waals surface area contributed by atoms with Gasteiger partial charge >= 0.3 is 5.97 Å². The van der Waals surface area contributed by atoms with Crippen molar-refractivity contribution >= 4 is 111 Å². The molecule has 40 nitrogen and oxygen atoms in total. The SMILES string of the molecule is CCCC[C@H](NC(=O)[C@@H]1CCCN1C(=O)CNC(=O)[C@H](CCCCN)NC(=O)[C@H](Cc1cnc[nH]1)NC(=O)[C@H](CO)NC(=O)[C@H](CC(C)C)NC(=O)[C@H](CCCN=C(N)N)NC(=O)[C@@H]1CCCN1C(=O)[C@H](CCCN=C(N)N)NC(=O)[C@@H]1CCC(=O)N1)C(=O)N1CCC[C@H]1C(=O)N[C@H]1Cc2c(ccc3ccccc23)CN(CC(=O)O)C1=O. The lowest BCUT2D eigenvalue weighted by Gasteiger charge is -2.31. The topological polar surface area (TPSA) is 613 Å². The van der Waals surface area contributed by atoms with Gasteiger partial charge in [0.25, 0.3) is 0 Å². The van der Waals surface area contributed by atoms with E-state index < -0.39 is 175 Å². The monoisotopic (exact) mass is 1630 g/mol. The van der Waals surface area contributed by atoms with Crippen LogP contribution >= 0.6 is 0 Å². The Kier molecular flexibility index (Phi) is 34.6. The van der Waals surface area contributed by atoms with Gasteiger partial charge in [0.15, 0.2) is 11.9 Å². The molecule has 14 amide bonds. The quantitative estimate of drug-likeness (QED) is 0.0144. The van der Waals surface area contributed by atoms with Crippen molar-refractivity contribution in [1.29, 1.82) is 0 Å². The van der Waals surface area contributed by atoms with Gasteiger partial charge in [-0.2, -0.15) is 0 Å². The molecule has 0 bridgehead atoms. The number of aromatic amines is 1. The average Bonchev–Trinajstić information content (AvgIpc) is 1.73. The highest BCUT2D eigenvalue weighted by Crippen LogP contribution is 2.30. The highest BCUT2D eigenvalue weighted by Gasteiger charge is 2.45. The van der Waals surface area contributed by atoms with E-state index in [1.54, 1.807) is 13.8 Å². The fourth-order valence-electron chi connectivity index (χ4n) is 15.4. The van der Waals surface area contributed by atoms with E-state index in [0.717, 1.165) is 21.9 Å². The van der Waals surface area contributed by atoms with Gasteiger partial charge in [0.2, 0.25) is 82.7 Å². The molecule has 0 unspecified atom stereocenters. The van der Waals surface area contributed by atoms with Gasteiger partial charge in [-0.25, -0.2) is 4.98 Å². The lowest BCUT2D eigenvalue weighted by molar-refractivity contribution is -0.147. The predicted molar refractivity (Wildman–Crippen MR) is 426 cm³/mol. The van der Waals surface area contributed by atoms with Crippen LogP contribution in [-0.4, -0.2) is 272 Å². The number of H-pyrrole nitrogens is 1. The Hall–Kier alpha value is -11.6. The van der Waals surface area contributed by atoms with E-state index in [4.69, 9.17) is 28.7 Å². The summed E-state index contributed by atoms with van der Waals surface area (Å²) in [5.41, 5.74) is 29.9. The third-order valence-corrected chi connectivity index (χ3v) is 21.4. The van der Waals surface area contributed by atoms with Gasteiger partial charge in [0.05, 0.1) is 19.5 Å².